The van der Waals surface area contributed by atoms with E-state index in [9.17, 15) is 9.18 Å². The predicted molar refractivity (Wildman–Crippen MR) is 101 cm³/mol. The van der Waals surface area contributed by atoms with Gasteiger partial charge in [0.25, 0.3) is 0 Å². The lowest BCUT2D eigenvalue weighted by Crippen LogP contribution is -2.53. The van der Waals surface area contributed by atoms with Crippen molar-refractivity contribution in [1.29, 1.82) is 0 Å². The molecule has 138 valence electrons. The van der Waals surface area contributed by atoms with E-state index in [2.05, 4.69) is 4.90 Å². The van der Waals surface area contributed by atoms with Gasteiger partial charge < -0.3 is 4.74 Å². The maximum Gasteiger partial charge on any atom is 0.414 e. The largest absolute Gasteiger partial charge is 0.444 e. The first kappa shape index (κ1) is 17.5. The van der Waals surface area contributed by atoms with Crippen LogP contribution in [0.1, 0.15) is 23.3 Å². The Morgan fingerprint density at radius 3 is 2.77 bits per heavy atom. The van der Waals surface area contributed by atoms with Crippen molar-refractivity contribution in [2.75, 3.05) is 24.5 Å². The number of rotatable bonds is 4. The van der Waals surface area contributed by atoms with Crippen LogP contribution >= 0.6 is 11.3 Å². The fraction of sp³-hybridized carbons (Fsp3) is 0.450. The number of amides is 1. The second-order valence-electron chi connectivity index (χ2n) is 7.15. The van der Waals surface area contributed by atoms with Crippen LogP contribution in [0.3, 0.4) is 0 Å². The highest BCUT2D eigenvalue weighted by atomic mass is 32.1. The number of fused-ring (bicyclic) bond motifs is 3. The summed E-state index contributed by atoms with van der Waals surface area (Å²) in [6.45, 7) is 5.42. The van der Waals surface area contributed by atoms with Crippen LogP contribution in [0.15, 0.2) is 35.7 Å². The maximum atomic E-state index is 13.7. The van der Waals surface area contributed by atoms with Gasteiger partial charge in [-0.2, -0.15) is 0 Å². The predicted octanol–water partition coefficient (Wildman–Crippen LogP) is 4.43. The summed E-state index contributed by atoms with van der Waals surface area (Å²) in [5.74, 6) is 0.0906. The van der Waals surface area contributed by atoms with Gasteiger partial charge in [-0.15, -0.1) is 11.3 Å². The van der Waals surface area contributed by atoms with E-state index in [1.54, 1.807) is 28.4 Å². The molecular weight excluding hydrogens is 351 g/mol. The quantitative estimate of drug-likeness (QED) is 0.793. The fourth-order valence-electron chi connectivity index (χ4n) is 3.85. The van der Waals surface area contributed by atoms with E-state index in [0.717, 1.165) is 42.9 Å². The number of aryl methyl sites for hydroxylation is 1. The zero-order valence-electron chi connectivity index (χ0n) is 14.9. The molecule has 1 atom stereocenters. The van der Waals surface area contributed by atoms with E-state index in [0.29, 0.717) is 18.2 Å². The van der Waals surface area contributed by atoms with Gasteiger partial charge in [0.1, 0.15) is 11.9 Å². The molecule has 0 radical (unpaired) electrons. The number of anilines is 1. The van der Waals surface area contributed by atoms with Crippen LogP contribution in [0, 0.1) is 18.7 Å². The Morgan fingerprint density at radius 1 is 1.35 bits per heavy atom. The molecule has 3 aliphatic heterocycles. The summed E-state index contributed by atoms with van der Waals surface area (Å²) in [5.41, 5.74) is 1.66. The average molecular weight is 374 g/mol. The second-order valence-corrected chi connectivity index (χ2v) is 8.15. The van der Waals surface area contributed by atoms with E-state index in [1.807, 2.05) is 18.4 Å². The smallest absolute Gasteiger partial charge is 0.414 e. The topological polar surface area (TPSA) is 32.8 Å². The third-order valence-corrected chi connectivity index (χ3v) is 6.47. The third-order valence-electron chi connectivity index (χ3n) is 5.46. The van der Waals surface area contributed by atoms with Crippen molar-refractivity contribution in [3.63, 3.8) is 0 Å². The summed E-state index contributed by atoms with van der Waals surface area (Å²) in [4.78, 5) is 18.0. The van der Waals surface area contributed by atoms with Crippen molar-refractivity contribution in [2.45, 2.75) is 32.4 Å². The Balaban J connectivity index is 1.55. The van der Waals surface area contributed by atoms with Crippen molar-refractivity contribution in [3.05, 3.63) is 52.0 Å². The molecule has 0 spiro atoms. The van der Waals surface area contributed by atoms with Crippen LogP contribution in [-0.2, 0) is 11.3 Å². The van der Waals surface area contributed by atoms with Crippen LogP contribution in [0.25, 0.3) is 0 Å². The Labute approximate surface area is 157 Å². The number of ether oxygens (including phenoxy) is 1. The van der Waals surface area contributed by atoms with Crippen molar-refractivity contribution in [2.24, 2.45) is 5.92 Å². The second kappa shape index (κ2) is 7.37. The maximum absolute atomic E-state index is 13.7. The normalized spacial score (nSPS) is 24.5. The molecule has 4 nitrogen and oxygen atoms in total. The van der Waals surface area contributed by atoms with Gasteiger partial charge in [-0.3, -0.25) is 9.80 Å². The number of hydrogen-bond acceptors (Lipinski definition) is 4. The summed E-state index contributed by atoms with van der Waals surface area (Å²) in [6, 6.07) is 8.18. The molecule has 1 aromatic carbocycles. The van der Waals surface area contributed by atoms with Crippen molar-refractivity contribution in [1.82, 2.24) is 4.90 Å². The first-order valence-corrected chi connectivity index (χ1v) is 9.97. The minimum absolute atomic E-state index is 0.0644. The summed E-state index contributed by atoms with van der Waals surface area (Å²) < 4.78 is 19.6. The highest BCUT2D eigenvalue weighted by molar-refractivity contribution is 7.10. The number of thiophene rings is 1. The fourth-order valence-corrected chi connectivity index (χ4v) is 4.75. The van der Waals surface area contributed by atoms with Gasteiger partial charge in [0.05, 0.1) is 12.2 Å². The highest BCUT2D eigenvalue weighted by Gasteiger charge is 2.37. The molecule has 5 rings (SSSR count). The SMILES string of the molecule is Cc1ccsc1CN(C(=O)OC1CN2CCC1CC2)c1cccc(F)c1. The summed E-state index contributed by atoms with van der Waals surface area (Å²) in [6.07, 6.45) is 1.72. The molecule has 3 saturated heterocycles. The Kier molecular flexibility index (Phi) is 4.96. The van der Waals surface area contributed by atoms with Gasteiger partial charge in [-0.05, 0) is 74.0 Å². The summed E-state index contributed by atoms with van der Waals surface area (Å²) in [5, 5.41) is 2.01. The van der Waals surface area contributed by atoms with Gasteiger partial charge in [0, 0.05) is 11.4 Å². The zero-order chi connectivity index (χ0) is 18.1. The first-order valence-electron chi connectivity index (χ1n) is 9.09. The Bertz CT molecular complexity index is 786. The van der Waals surface area contributed by atoms with Crippen LogP contribution in [-0.4, -0.2) is 36.7 Å². The Hall–Kier alpha value is -1.92. The molecule has 0 aliphatic carbocycles. The molecule has 2 aromatic rings. The first-order chi connectivity index (χ1) is 12.6. The van der Waals surface area contributed by atoms with E-state index in [4.69, 9.17) is 4.74 Å². The van der Waals surface area contributed by atoms with Crippen molar-refractivity contribution < 1.29 is 13.9 Å². The van der Waals surface area contributed by atoms with E-state index in [1.165, 1.54) is 12.1 Å². The van der Waals surface area contributed by atoms with Gasteiger partial charge in [0.15, 0.2) is 0 Å². The third kappa shape index (κ3) is 3.62. The number of piperidine rings is 3. The molecule has 1 aromatic heterocycles. The number of carbonyl (C=O) groups excluding carboxylic acids is 1. The standard InChI is InChI=1S/C20H23FN2O2S/c1-14-7-10-26-19(14)13-23(17-4-2-3-16(21)11-17)20(24)25-18-12-22-8-5-15(18)6-9-22/h2-4,7,10-11,15,18H,5-6,8-9,12-13H2,1H3. The number of halogens is 1. The van der Waals surface area contributed by atoms with Gasteiger partial charge in [0.2, 0.25) is 0 Å². The molecule has 0 saturated carbocycles. The Morgan fingerprint density at radius 2 is 2.15 bits per heavy atom. The molecule has 3 fully saturated rings. The minimum atomic E-state index is -0.387. The number of hydrogen-bond donors (Lipinski definition) is 0. The number of benzene rings is 1. The van der Waals surface area contributed by atoms with Crippen LogP contribution in [0.2, 0.25) is 0 Å². The summed E-state index contributed by atoms with van der Waals surface area (Å²) >= 11 is 1.60. The molecule has 6 heteroatoms. The van der Waals surface area contributed by atoms with E-state index < -0.39 is 0 Å². The molecule has 1 unspecified atom stereocenters. The lowest BCUT2D eigenvalue weighted by Gasteiger charge is -2.44. The lowest BCUT2D eigenvalue weighted by molar-refractivity contribution is -0.0311. The zero-order valence-corrected chi connectivity index (χ0v) is 15.7. The molecule has 26 heavy (non-hydrogen) atoms. The molecule has 1 amide bonds. The molecule has 4 heterocycles. The minimum Gasteiger partial charge on any atom is -0.444 e. The van der Waals surface area contributed by atoms with Crippen molar-refractivity contribution in [3.8, 4) is 0 Å². The van der Waals surface area contributed by atoms with E-state index >= 15 is 0 Å². The van der Waals surface area contributed by atoms with Gasteiger partial charge in [-0.25, -0.2) is 9.18 Å². The monoisotopic (exact) mass is 374 g/mol. The van der Waals surface area contributed by atoms with Crippen LogP contribution in [0.5, 0.6) is 0 Å². The summed E-state index contributed by atoms with van der Waals surface area (Å²) in [7, 11) is 0. The molecule has 2 bridgehead atoms. The van der Waals surface area contributed by atoms with Crippen LogP contribution < -0.4 is 4.90 Å². The molecule has 0 N–H and O–H groups in total. The molecule has 3 aliphatic rings. The van der Waals surface area contributed by atoms with Crippen LogP contribution in [0.4, 0.5) is 14.9 Å². The van der Waals surface area contributed by atoms with Gasteiger partial charge in [-0.1, -0.05) is 6.07 Å². The van der Waals surface area contributed by atoms with E-state index in [-0.39, 0.29) is 18.0 Å². The van der Waals surface area contributed by atoms with Gasteiger partial charge >= 0.3 is 6.09 Å². The average Bonchev–Trinajstić information content (AvgIpc) is 3.05. The molecular formula is C20H23FN2O2S. The lowest BCUT2D eigenvalue weighted by atomic mass is 9.86. The number of nitrogens with zero attached hydrogens (tertiary/aromatic N) is 2. The van der Waals surface area contributed by atoms with Crippen molar-refractivity contribution >= 4 is 23.1 Å². The highest BCUT2D eigenvalue weighted by Crippen LogP contribution is 2.31. The number of carbonyl (C=O) groups is 1.